The maximum Gasteiger partial charge on any atom is 0.414 e. The lowest BCUT2D eigenvalue weighted by atomic mass is 10.2. The Morgan fingerprint density at radius 3 is 2.43 bits per heavy atom. The molecule has 0 radical (unpaired) electrons. The van der Waals surface area contributed by atoms with E-state index < -0.39 is 15.8 Å². The van der Waals surface area contributed by atoms with Crippen molar-refractivity contribution < 1.29 is 21.9 Å². The molecule has 1 heterocycles. The fourth-order valence-electron chi connectivity index (χ4n) is 2.32. The van der Waals surface area contributed by atoms with Crippen molar-refractivity contribution in [1.29, 1.82) is 0 Å². The first-order valence-corrected chi connectivity index (χ1v) is 9.82. The van der Waals surface area contributed by atoms with Crippen LogP contribution in [0.4, 0.5) is 48.0 Å². The lowest BCUT2D eigenvalue weighted by molar-refractivity contribution is -0.000950. The summed E-state index contributed by atoms with van der Waals surface area (Å²) in [5, 5.41) is 7.51. The lowest BCUT2D eigenvalue weighted by Gasteiger charge is -2.21. The van der Waals surface area contributed by atoms with Crippen molar-refractivity contribution in [2.75, 3.05) is 18.0 Å². The Kier molecular flexibility index (Phi) is 7.46. The van der Waals surface area contributed by atoms with Gasteiger partial charge in [-0.2, -0.15) is 13.1 Å². The van der Waals surface area contributed by atoms with E-state index in [0.717, 1.165) is 0 Å². The van der Waals surface area contributed by atoms with Gasteiger partial charge in [-0.3, -0.25) is 4.98 Å². The number of imidazole rings is 1. The maximum absolute atomic E-state index is 13.0. The molecule has 10 nitrogen and oxygen atoms in total. The number of halogens is 3. The van der Waals surface area contributed by atoms with Gasteiger partial charge in [-0.05, 0) is 36.6 Å². The van der Waals surface area contributed by atoms with Crippen LogP contribution in [0.2, 0.25) is 0 Å². The number of aromatic nitrogens is 2. The van der Waals surface area contributed by atoms with Gasteiger partial charge in [0.05, 0.1) is 0 Å². The van der Waals surface area contributed by atoms with E-state index in [1.54, 1.807) is 6.07 Å². The fourth-order valence-corrected chi connectivity index (χ4v) is 2.90. The summed E-state index contributed by atoms with van der Waals surface area (Å²) in [6.07, 6.45) is 0. The molecule has 0 aliphatic rings. The van der Waals surface area contributed by atoms with Crippen LogP contribution in [0.5, 0.6) is 0 Å². The van der Waals surface area contributed by atoms with Gasteiger partial charge in [0, 0.05) is 18.8 Å². The van der Waals surface area contributed by atoms with Crippen molar-refractivity contribution in [3.63, 3.8) is 0 Å². The van der Waals surface area contributed by atoms with Crippen LogP contribution in [0.1, 0.15) is 13.8 Å². The van der Waals surface area contributed by atoms with Gasteiger partial charge in [-0.1, -0.05) is 27.6 Å². The van der Waals surface area contributed by atoms with E-state index in [0.29, 0.717) is 18.8 Å². The quantitative estimate of drug-likeness (QED) is 0.407. The summed E-state index contributed by atoms with van der Waals surface area (Å²) >= 11 is 0. The molecule has 1 N–H and O–H groups in total. The summed E-state index contributed by atoms with van der Waals surface area (Å²) < 4.78 is 56.7. The molecule has 1 unspecified atom stereocenters. The molecule has 0 saturated heterocycles. The molecule has 0 fully saturated rings. The third-order valence-electron chi connectivity index (χ3n) is 3.75. The fraction of sp³-hybridized carbons (Fsp3) is 0.312. The minimum absolute atomic E-state index is 0.138. The number of alkyl halides is 2. The Bertz CT molecular complexity index is 1110. The number of nitrogens with one attached hydrogen (secondary N) is 1. The summed E-state index contributed by atoms with van der Waals surface area (Å²) in [4.78, 5) is 14.2. The number of hydrogen-bond acceptors (Lipinski definition) is 7. The van der Waals surface area contributed by atoms with Gasteiger partial charge in [0.15, 0.2) is 0 Å². The number of H-pyrrole nitrogens is 1. The first kappa shape index (κ1) is 22.8. The number of aromatic amines is 1. The van der Waals surface area contributed by atoms with Crippen LogP contribution in [-0.4, -0.2) is 33.0 Å². The van der Waals surface area contributed by atoms with E-state index in [1.807, 2.05) is 18.7 Å². The number of anilines is 1. The average Bonchev–Trinajstić information content (AvgIpc) is 3.16. The van der Waals surface area contributed by atoms with Crippen LogP contribution in [0.25, 0.3) is 9.69 Å². The maximum atomic E-state index is 13.0. The minimum Gasteiger partial charge on any atom is -0.373 e. The first-order valence-electron chi connectivity index (χ1n) is 8.31. The number of hydrogen-bond donors (Lipinski definition) is 1. The summed E-state index contributed by atoms with van der Waals surface area (Å²) in [5.41, 5.74) is 0.0473. The number of nitrogens with zero attached hydrogens (tertiary/aromatic N) is 7. The molecule has 0 aliphatic carbocycles. The van der Waals surface area contributed by atoms with Crippen LogP contribution in [-0.2, 0) is 14.4 Å². The molecule has 1 aromatic carbocycles. The second-order valence-corrected chi connectivity index (χ2v) is 7.13. The third-order valence-corrected chi connectivity index (χ3v) is 4.83. The summed E-state index contributed by atoms with van der Waals surface area (Å²) in [6, 6.07) is 4.24. The Balaban J connectivity index is 2.60. The van der Waals surface area contributed by atoms with E-state index in [4.69, 9.17) is 13.1 Å². The van der Waals surface area contributed by atoms with Gasteiger partial charge < -0.3 is 14.6 Å². The van der Waals surface area contributed by atoms with Gasteiger partial charge in [0.2, 0.25) is 0 Å². The first-order chi connectivity index (χ1) is 14.3. The lowest BCUT2D eigenvalue weighted by Crippen LogP contribution is -2.21. The minimum atomic E-state index is -4.97. The predicted octanol–water partition coefficient (Wildman–Crippen LogP) is 5.91. The van der Waals surface area contributed by atoms with E-state index in [1.165, 1.54) is 12.1 Å². The normalized spacial score (nSPS) is 13.1. The molecule has 0 spiro atoms. The monoisotopic (exact) mass is 440 g/mol. The van der Waals surface area contributed by atoms with Gasteiger partial charge in [-0.25, -0.2) is 4.21 Å². The molecule has 0 bridgehead atoms. The van der Waals surface area contributed by atoms with Crippen molar-refractivity contribution in [3.05, 3.63) is 41.0 Å². The third kappa shape index (κ3) is 4.91. The van der Waals surface area contributed by atoms with Crippen LogP contribution in [0.3, 0.4) is 0 Å². The zero-order valence-corrected chi connectivity index (χ0v) is 16.5. The van der Waals surface area contributed by atoms with E-state index in [-0.39, 0.29) is 29.0 Å². The molecular weight excluding hydrogens is 425 g/mol. The van der Waals surface area contributed by atoms with Crippen molar-refractivity contribution in [2.45, 2.75) is 19.6 Å². The Labute approximate surface area is 170 Å². The molecule has 2 rings (SSSR count). The standard InChI is InChI=1S/C16H15F3N8O2S/c1-5-27(6-2)10-7-8-11(12(9-10)26-30(28,29-19)15(17)18)24-25-16-22-13(20-3)14(21-4)23-16/h7-9,15H,5-6H2,1-2H3,(H,22,23). The molecular formula is C16H15F3N8O2S. The van der Waals surface area contributed by atoms with Gasteiger partial charge in [-0.15, -0.1) is 5.11 Å². The zero-order chi connectivity index (χ0) is 22.3. The average molecular weight is 440 g/mol. The Morgan fingerprint density at radius 2 is 1.93 bits per heavy atom. The summed E-state index contributed by atoms with van der Waals surface area (Å²) in [5.74, 6) is -4.27. The molecule has 0 amide bonds. The van der Waals surface area contributed by atoms with E-state index in [2.05, 4.69) is 38.6 Å². The van der Waals surface area contributed by atoms with E-state index >= 15 is 0 Å². The molecule has 0 saturated carbocycles. The Morgan fingerprint density at radius 1 is 1.23 bits per heavy atom. The van der Waals surface area contributed by atoms with Crippen LogP contribution < -0.4 is 4.90 Å². The van der Waals surface area contributed by atoms with Gasteiger partial charge in [0.25, 0.3) is 21.6 Å². The number of benzene rings is 1. The molecule has 0 aliphatic heterocycles. The second-order valence-electron chi connectivity index (χ2n) is 5.43. The van der Waals surface area contributed by atoms with Crippen molar-refractivity contribution >= 4 is 44.7 Å². The highest BCUT2D eigenvalue weighted by Gasteiger charge is 2.26. The van der Waals surface area contributed by atoms with Gasteiger partial charge >= 0.3 is 11.7 Å². The topological polar surface area (TPSA) is 104 Å². The SMILES string of the molecule is [C-]#[N+]c1nc(N=Nc2ccc(N(CC)CC)cc2N=S(=O)(OF)C(F)F)[nH]c1[N+]#[C-]. The molecule has 158 valence electrons. The highest BCUT2D eigenvalue weighted by Crippen LogP contribution is 2.36. The predicted molar refractivity (Wildman–Crippen MR) is 104 cm³/mol. The molecule has 14 heteroatoms. The second kappa shape index (κ2) is 9.82. The van der Waals surface area contributed by atoms with Crippen molar-refractivity contribution in [2.24, 2.45) is 14.6 Å². The summed E-state index contributed by atoms with van der Waals surface area (Å²) in [6.45, 7) is 18.8. The van der Waals surface area contributed by atoms with Crippen molar-refractivity contribution in [3.8, 4) is 0 Å². The highest BCUT2D eigenvalue weighted by molar-refractivity contribution is 7.89. The van der Waals surface area contributed by atoms with E-state index in [9.17, 15) is 17.5 Å². The van der Waals surface area contributed by atoms with Gasteiger partial charge in [0.1, 0.15) is 11.4 Å². The molecule has 30 heavy (non-hydrogen) atoms. The highest BCUT2D eigenvalue weighted by atomic mass is 32.2. The van der Waals surface area contributed by atoms with Crippen LogP contribution in [0.15, 0.2) is 32.8 Å². The largest absolute Gasteiger partial charge is 0.414 e. The molecule has 1 aromatic heterocycles. The van der Waals surface area contributed by atoms with Crippen LogP contribution >= 0.6 is 0 Å². The smallest absolute Gasteiger partial charge is 0.373 e. The number of azo groups is 1. The molecule has 2 aromatic rings. The number of rotatable bonds is 8. The summed E-state index contributed by atoms with van der Waals surface area (Å²) in [7, 11) is -4.97. The van der Waals surface area contributed by atoms with Crippen molar-refractivity contribution in [1.82, 2.24) is 9.97 Å². The Hall–Kier alpha value is -3.49. The van der Waals surface area contributed by atoms with Crippen LogP contribution in [0, 0.1) is 13.1 Å². The molecule has 1 atom stereocenters. The zero-order valence-electron chi connectivity index (χ0n) is 15.7.